The van der Waals surface area contributed by atoms with E-state index in [0.717, 1.165) is 29.8 Å². The van der Waals surface area contributed by atoms with Gasteiger partial charge in [-0.15, -0.1) is 10.2 Å². The van der Waals surface area contributed by atoms with E-state index in [1.165, 1.54) is 37.4 Å². The molecule has 0 unspecified atom stereocenters. The van der Waals surface area contributed by atoms with Crippen molar-refractivity contribution in [2.45, 2.75) is 21.6 Å². The van der Waals surface area contributed by atoms with Crippen molar-refractivity contribution in [2.24, 2.45) is 20.5 Å². The summed E-state index contributed by atoms with van der Waals surface area (Å²) in [5.41, 5.74) is 1.46. The third-order valence-electron chi connectivity index (χ3n) is 8.50. The van der Waals surface area contributed by atoms with E-state index < -0.39 is 56.5 Å². The number of aromatic amines is 1. The number of phenolic OH excluding ortho intramolecular Hbond substituents is 1. The van der Waals surface area contributed by atoms with Gasteiger partial charge in [-0.05, 0) is 55.0 Å². The summed E-state index contributed by atoms with van der Waals surface area (Å²) < 4.78 is 109. The molecule has 17 nitrogen and oxygen atoms in total. The van der Waals surface area contributed by atoms with Crippen molar-refractivity contribution >= 4 is 85.7 Å². The molecule has 7 rings (SSSR count). The normalized spacial score (nSPS) is 12.8. The van der Waals surface area contributed by atoms with E-state index in [1.54, 1.807) is 13.0 Å². The average molecular weight is 803 g/mol. The molecule has 6 aromatic carbocycles. The van der Waals surface area contributed by atoms with Crippen LogP contribution in [-0.4, -0.2) is 61.1 Å². The van der Waals surface area contributed by atoms with Crippen LogP contribution in [0, 0.1) is 6.92 Å². The minimum absolute atomic E-state index is 0.0356. The van der Waals surface area contributed by atoms with Gasteiger partial charge in [-0.2, -0.15) is 35.5 Å². The van der Waals surface area contributed by atoms with Crippen LogP contribution >= 0.6 is 0 Å². The van der Waals surface area contributed by atoms with Crippen molar-refractivity contribution in [3.63, 3.8) is 0 Å². The highest BCUT2D eigenvalue weighted by molar-refractivity contribution is 7.86. The number of hydrogen-bond donors (Lipinski definition) is 5. The van der Waals surface area contributed by atoms with E-state index in [9.17, 15) is 44.0 Å². The van der Waals surface area contributed by atoms with Gasteiger partial charge in [-0.1, -0.05) is 42.5 Å². The molecule has 280 valence electrons. The highest BCUT2D eigenvalue weighted by Crippen LogP contribution is 2.45. The number of aromatic hydroxyl groups is 1. The maximum absolute atomic E-state index is 12.6. The van der Waals surface area contributed by atoms with E-state index in [4.69, 9.17) is 4.74 Å². The fraction of sp³-hybridized carbons (Fsp3) is 0.0571. The predicted octanol–water partition coefficient (Wildman–Crippen LogP) is 8.13. The van der Waals surface area contributed by atoms with Gasteiger partial charge in [0.15, 0.2) is 5.75 Å². The summed E-state index contributed by atoms with van der Waals surface area (Å²) >= 11 is 0. The van der Waals surface area contributed by atoms with E-state index in [0.29, 0.717) is 22.4 Å². The Labute approximate surface area is 311 Å². The molecule has 7 aromatic rings. The number of ether oxygens (including phenoxy) is 1. The number of azo groups is 2. The van der Waals surface area contributed by atoms with Gasteiger partial charge in [0.05, 0.1) is 29.5 Å². The predicted molar refractivity (Wildman–Crippen MR) is 200 cm³/mol. The number of phenols is 1. The zero-order valence-corrected chi connectivity index (χ0v) is 30.7. The lowest BCUT2D eigenvalue weighted by atomic mass is 10.1. The number of imidazole rings is 1. The summed E-state index contributed by atoms with van der Waals surface area (Å²) in [6, 6.07) is 21.9. The molecular weight excluding hydrogens is 777 g/mol. The van der Waals surface area contributed by atoms with E-state index in [2.05, 4.69) is 30.4 Å². The molecule has 0 aliphatic rings. The van der Waals surface area contributed by atoms with Crippen LogP contribution in [0.3, 0.4) is 0 Å². The van der Waals surface area contributed by atoms with E-state index in [1.807, 2.05) is 30.3 Å². The molecule has 0 aliphatic heterocycles. The Bertz CT molecular complexity index is 3130. The fourth-order valence-electron chi connectivity index (χ4n) is 5.96. The summed E-state index contributed by atoms with van der Waals surface area (Å²) in [6.45, 7) is 1.59. The fourth-order valence-corrected chi connectivity index (χ4v) is 8.03. The number of hydrogen-bond acceptors (Lipinski definition) is 13. The van der Waals surface area contributed by atoms with Crippen LogP contribution < -0.4 is 4.74 Å². The second-order valence-electron chi connectivity index (χ2n) is 12.0. The highest BCUT2D eigenvalue weighted by Gasteiger charge is 2.25. The Morgan fingerprint density at radius 1 is 0.636 bits per heavy atom. The standard InChI is InChI=1S/C35H26N6O11S3/c1-18-13-27(28(52-2)17-26(18)39-38-20-14-23-21(30(15-20)54(46,47)48)9-6-10-29(23)53(43,44)45)40-41-33-31(55(49,50)51)16-24-22(34(33)42)11-12-25-32(24)37-35(36-25)19-7-4-3-5-8-19/h3-17,42H,1-2H3,(H,36,37)(H,43,44,45)(H,46,47,48)(H,49,50,51)/b39-38+,41-40+. The molecule has 20 heteroatoms. The first-order valence-corrected chi connectivity index (χ1v) is 20.0. The Morgan fingerprint density at radius 3 is 2.00 bits per heavy atom. The van der Waals surface area contributed by atoms with Gasteiger partial charge in [0.25, 0.3) is 30.4 Å². The Kier molecular flexibility index (Phi) is 9.19. The first kappa shape index (κ1) is 37.2. The molecule has 0 saturated carbocycles. The third-order valence-corrected chi connectivity index (χ3v) is 11.2. The Hall–Kier alpha value is -6.16. The summed E-state index contributed by atoms with van der Waals surface area (Å²) in [4.78, 5) is 5.69. The van der Waals surface area contributed by atoms with Gasteiger partial charge >= 0.3 is 0 Å². The number of H-pyrrole nitrogens is 1. The molecule has 55 heavy (non-hydrogen) atoms. The minimum Gasteiger partial charge on any atom is -0.505 e. The maximum Gasteiger partial charge on any atom is 0.296 e. The van der Waals surface area contributed by atoms with Gasteiger partial charge in [-0.25, -0.2) is 4.98 Å². The zero-order chi connectivity index (χ0) is 39.4. The van der Waals surface area contributed by atoms with Crippen molar-refractivity contribution in [3.8, 4) is 22.9 Å². The molecule has 1 aromatic heterocycles. The monoisotopic (exact) mass is 802 g/mol. The van der Waals surface area contributed by atoms with Gasteiger partial charge in [0.2, 0.25) is 0 Å². The van der Waals surface area contributed by atoms with Gasteiger partial charge in [-0.3, -0.25) is 13.7 Å². The van der Waals surface area contributed by atoms with Crippen LogP contribution in [0.1, 0.15) is 5.56 Å². The largest absolute Gasteiger partial charge is 0.505 e. The van der Waals surface area contributed by atoms with Gasteiger partial charge in [0, 0.05) is 33.2 Å². The topological polar surface area (TPSA) is 271 Å². The molecule has 5 N–H and O–H groups in total. The summed E-state index contributed by atoms with van der Waals surface area (Å²) in [5.74, 6) is -0.0587. The van der Waals surface area contributed by atoms with Gasteiger partial charge < -0.3 is 14.8 Å². The highest BCUT2D eigenvalue weighted by atomic mass is 32.2. The first-order chi connectivity index (χ1) is 25.9. The molecule has 0 fully saturated rings. The molecule has 0 spiro atoms. The number of aryl methyl sites for hydroxylation is 1. The number of fused-ring (bicyclic) bond motifs is 4. The molecule has 0 aliphatic carbocycles. The number of nitrogens with zero attached hydrogens (tertiary/aromatic N) is 5. The Morgan fingerprint density at radius 2 is 1.33 bits per heavy atom. The number of rotatable bonds is 9. The van der Waals surface area contributed by atoms with Crippen LogP contribution in [0.5, 0.6) is 11.5 Å². The van der Waals surface area contributed by atoms with E-state index in [-0.39, 0.29) is 44.4 Å². The quantitative estimate of drug-likeness (QED) is 0.0684. The zero-order valence-electron chi connectivity index (χ0n) is 28.3. The van der Waals surface area contributed by atoms with Crippen LogP contribution in [0.15, 0.2) is 126 Å². The molecule has 0 amide bonds. The van der Waals surface area contributed by atoms with Gasteiger partial charge in [0.1, 0.15) is 37.6 Å². The summed E-state index contributed by atoms with van der Waals surface area (Å²) in [6.07, 6.45) is 0. The molecule has 0 saturated heterocycles. The van der Waals surface area contributed by atoms with E-state index >= 15 is 0 Å². The van der Waals surface area contributed by atoms with Crippen molar-refractivity contribution < 1.29 is 48.8 Å². The lowest BCUT2D eigenvalue weighted by Crippen LogP contribution is -2.03. The van der Waals surface area contributed by atoms with Crippen molar-refractivity contribution in [2.75, 3.05) is 7.11 Å². The Balaban J connectivity index is 1.29. The first-order valence-electron chi connectivity index (χ1n) is 15.7. The molecule has 1 heterocycles. The van der Waals surface area contributed by atoms with Crippen LogP contribution in [0.25, 0.3) is 44.0 Å². The SMILES string of the molecule is COc1cc(/N=N/c2cc(S(=O)(=O)O)c3cccc(S(=O)(=O)O)c3c2)c(C)cc1/N=N/c1c(S(=O)(=O)O)cc2c(ccc3nc(-c4ccccc4)[nH]c32)c1O. The second-order valence-corrected chi connectivity index (χ2v) is 16.2. The summed E-state index contributed by atoms with van der Waals surface area (Å²) in [5, 5.41) is 27.6. The summed E-state index contributed by atoms with van der Waals surface area (Å²) in [7, 11) is -13.4. The lowest BCUT2D eigenvalue weighted by Gasteiger charge is -2.10. The number of aromatic nitrogens is 2. The van der Waals surface area contributed by atoms with Crippen LogP contribution in [-0.2, 0) is 30.4 Å². The van der Waals surface area contributed by atoms with Crippen LogP contribution in [0.2, 0.25) is 0 Å². The maximum atomic E-state index is 12.6. The molecular formula is C35H26N6O11S3. The molecule has 0 radical (unpaired) electrons. The second kappa shape index (κ2) is 13.6. The van der Waals surface area contributed by atoms with Crippen molar-refractivity contribution in [1.29, 1.82) is 0 Å². The third kappa shape index (κ3) is 7.12. The van der Waals surface area contributed by atoms with Crippen LogP contribution in [0.4, 0.5) is 22.7 Å². The minimum atomic E-state index is -4.97. The smallest absolute Gasteiger partial charge is 0.296 e. The number of methoxy groups -OCH3 is 1. The number of nitrogens with one attached hydrogen (secondary N) is 1. The number of benzene rings is 6. The molecule has 0 atom stereocenters. The van der Waals surface area contributed by atoms with Crippen molar-refractivity contribution in [1.82, 2.24) is 9.97 Å². The van der Waals surface area contributed by atoms with Crippen molar-refractivity contribution in [3.05, 3.63) is 96.6 Å². The lowest BCUT2D eigenvalue weighted by molar-refractivity contribution is 0.416. The average Bonchev–Trinajstić information content (AvgIpc) is 3.57. The molecule has 0 bridgehead atoms.